The van der Waals surface area contributed by atoms with Gasteiger partial charge in [0.15, 0.2) is 5.96 Å². The van der Waals surface area contributed by atoms with Gasteiger partial charge in [-0.15, -0.1) is 24.0 Å². The summed E-state index contributed by atoms with van der Waals surface area (Å²) in [6, 6.07) is 12.2. The van der Waals surface area contributed by atoms with Gasteiger partial charge in [0, 0.05) is 50.4 Å². The van der Waals surface area contributed by atoms with E-state index < -0.39 is 0 Å². The summed E-state index contributed by atoms with van der Waals surface area (Å²) in [5.41, 5.74) is 3.24. The average Bonchev–Trinajstić information content (AvgIpc) is 3.10. The van der Waals surface area contributed by atoms with Gasteiger partial charge >= 0.3 is 0 Å². The van der Waals surface area contributed by atoms with Crippen LogP contribution in [0, 0.1) is 0 Å². The number of pyridine rings is 1. The van der Waals surface area contributed by atoms with Gasteiger partial charge in [-0.05, 0) is 49.1 Å². The van der Waals surface area contributed by atoms with Crippen LogP contribution in [0.3, 0.4) is 0 Å². The van der Waals surface area contributed by atoms with Gasteiger partial charge in [-0.25, -0.2) is 9.98 Å². The van der Waals surface area contributed by atoms with Crippen LogP contribution in [0.4, 0.5) is 11.5 Å². The fourth-order valence-electron chi connectivity index (χ4n) is 4.45. The Bertz CT molecular complexity index is 942. The van der Waals surface area contributed by atoms with Crippen molar-refractivity contribution in [1.82, 2.24) is 15.6 Å². The van der Waals surface area contributed by atoms with Crippen LogP contribution < -0.4 is 20.9 Å². The number of benzene rings is 1. The van der Waals surface area contributed by atoms with E-state index in [0.717, 1.165) is 42.7 Å². The third kappa shape index (κ3) is 7.06. The fraction of sp³-hybridized carbons (Fsp3) is 0.480. The largest absolute Gasteiger partial charge is 0.357 e. The number of halogens is 1. The summed E-state index contributed by atoms with van der Waals surface area (Å²) in [6.45, 7) is 6.25. The SMILES string of the molecule is CCNC(=NCc1ccnc(N2CCCCCC2)c1)NCC1CC(=O)Nc2ccccc21.I. The molecule has 3 heterocycles. The Morgan fingerprint density at radius 2 is 1.94 bits per heavy atom. The molecule has 178 valence electrons. The highest BCUT2D eigenvalue weighted by Gasteiger charge is 2.24. The summed E-state index contributed by atoms with van der Waals surface area (Å²) in [5.74, 6) is 2.01. The zero-order valence-electron chi connectivity index (χ0n) is 19.3. The molecule has 1 saturated heterocycles. The van der Waals surface area contributed by atoms with Crippen molar-refractivity contribution >= 4 is 47.3 Å². The normalized spacial score (nSPS) is 18.5. The highest BCUT2D eigenvalue weighted by molar-refractivity contribution is 14.0. The maximum Gasteiger partial charge on any atom is 0.225 e. The molecule has 0 saturated carbocycles. The Morgan fingerprint density at radius 1 is 1.15 bits per heavy atom. The number of amides is 1. The molecule has 4 rings (SSSR count). The Kier molecular flexibility index (Phi) is 9.77. The molecule has 33 heavy (non-hydrogen) atoms. The van der Waals surface area contributed by atoms with E-state index in [9.17, 15) is 4.79 Å². The third-order valence-electron chi connectivity index (χ3n) is 6.13. The van der Waals surface area contributed by atoms with E-state index in [0.29, 0.717) is 19.5 Å². The van der Waals surface area contributed by atoms with Crippen molar-refractivity contribution in [2.75, 3.05) is 36.4 Å². The number of rotatable bonds is 6. The van der Waals surface area contributed by atoms with Gasteiger partial charge in [-0.3, -0.25) is 4.79 Å². The highest BCUT2D eigenvalue weighted by atomic mass is 127. The monoisotopic (exact) mass is 562 g/mol. The Hall–Kier alpha value is -2.36. The molecule has 1 aromatic carbocycles. The number of hydrogen-bond donors (Lipinski definition) is 3. The first kappa shape index (κ1) is 25.3. The number of fused-ring (bicyclic) bond motifs is 1. The topological polar surface area (TPSA) is 81.7 Å². The van der Waals surface area contributed by atoms with E-state index in [4.69, 9.17) is 4.99 Å². The minimum absolute atomic E-state index is 0. The maximum atomic E-state index is 12.1. The molecule has 1 fully saturated rings. The van der Waals surface area contributed by atoms with E-state index in [2.05, 4.69) is 44.9 Å². The second-order valence-corrected chi connectivity index (χ2v) is 8.54. The molecular formula is C25H35IN6O. The molecule has 2 aliphatic rings. The standard InChI is InChI=1S/C25H34N6O.HI/c1-2-26-25(29-18-20-16-24(32)30-22-10-6-5-9-21(20)22)28-17-19-11-12-27-23(15-19)31-13-7-3-4-8-14-31;/h5-6,9-12,15,20H,2-4,7-8,13-14,16-18H2,1H3,(H,30,32)(H2,26,28,29);1H. The van der Waals surface area contributed by atoms with Crippen LogP contribution in [-0.2, 0) is 11.3 Å². The van der Waals surface area contributed by atoms with Crippen LogP contribution >= 0.6 is 24.0 Å². The summed E-state index contributed by atoms with van der Waals surface area (Å²) >= 11 is 0. The molecule has 0 spiro atoms. The fourth-order valence-corrected chi connectivity index (χ4v) is 4.45. The van der Waals surface area contributed by atoms with Crippen molar-refractivity contribution < 1.29 is 4.79 Å². The molecule has 1 aromatic heterocycles. The lowest BCUT2D eigenvalue weighted by Crippen LogP contribution is -2.40. The number of aliphatic imine (C=N–C) groups is 1. The van der Waals surface area contributed by atoms with E-state index in [-0.39, 0.29) is 35.8 Å². The number of carbonyl (C=O) groups excluding carboxylic acids is 1. The molecule has 1 amide bonds. The van der Waals surface area contributed by atoms with E-state index in [1.807, 2.05) is 30.5 Å². The first-order valence-corrected chi connectivity index (χ1v) is 11.8. The number of guanidine groups is 1. The van der Waals surface area contributed by atoms with Crippen LogP contribution in [0.15, 0.2) is 47.6 Å². The first-order chi connectivity index (χ1) is 15.7. The summed E-state index contributed by atoms with van der Waals surface area (Å²) in [6.07, 6.45) is 7.47. The summed E-state index contributed by atoms with van der Waals surface area (Å²) in [5, 5.41) is 9.73. The number of para-hydroxylation sites is 1. The molecule has 1 atom stereocenters. The quantitative estimate of drug-likeness (QED) is 0.279. The van der Waals surface area contributed by atoms with Crippen LogP contribution in [0.2, 0.25) is 0 Å². The second-order valence-electron chi connectivity index (χ2n) is 8.54. The van der Waals surface area contributed by atoms with Crippen molar-refractivity contribution in [3.05, 3.63) is 53.7 Å². The Labute approximate surface area is 213 Å². The lowest BCUT2D eigenvalue weighted by atomic mass is 9.90. The molecule has 0 radical (unpaired) electrons. The Balaban J connectivity index is 0.00000306. The smallest absolute Gasteiger partial charge is 0.225 e. The number of nitrogens with one attached hydrogen (secondary N) is 3. The lowest BCUT2D eigenvalue weighted by molar-refractivity contribution is -0.116. The molecule has 7 nitrogen and oxygen atoms in total. The minimum Gasteiger partial charge on any atom is -0.357 e. The van der Waals surface area contributed by atoms with Gasteiger partial charge < -0.3 is 20.9 Å². The number of nitrogens with zero attached hydrogens (tertiary/aromatic N) is 3. The molecule has 8 heteroatoms. The minimum atomic E-state index is 0. The predicted octanol–water partition coefficient (Wildman–Crippen LogP) is 4.26. The third-order valence-corrected chi connectivity index (χ3v) is 6.13. The van der Waals surface area contributed by atoms with Gasteiger partial charge in [-0.1, -0.05) is 31.0 Å². The maximum absolute atomic E-state index is 12.1. The summed E-state index contributed by atoms with van der Waals surface area (Å²) in [7, 11) is 0. The van der Waals surface area contributed by atoms with Crippen LogP contribution in [0.1, 0.15) is 56.1 Å². The van der Waals surface area contributed by atoms with Crippen LogP contribution in [0.25, 0.3) is 0 Å². The van der Waals surface area contributed by atoms with E-state index in [1.54, 1.807) is 0 Å². The summed E-state index contributed by atoms with van der Waals surface area (Å²) in [4.78, 5) is 23.9. The number of anilines is 2. The second kappa shape index (κ2) is 12.8. The number of carbonyl (C=O) groups is 1. The molecule has 0 aliphatic carbocycles. The first-order valence-electron chi connectivity index (χ1n) is 11.8. The zero-order chi connectivity index (χ0) is 22.2. The summed E-state index contributed by atoms with van der Waals surface area (Å²) < 4.78 is 0. The van der Waals surface area contributed by atoms with Gasteiger partial charge in [0.25, 0.3) is 0 Å². The van der Waals surface area contributed by atoms with Crippen LogP contribution in [-0.4, -0.2) is 43.0 Å². The molecular weight excluding hydrogens is 527 g/mol. The zero-order valence-corrected chi connectivity index (χ0v) is 21.7. The van der Waals surface area contributed by atoms with Crippen molar-refractivity contribution in [1.29, 1.82) is 0 Å². The van der Waals surface area contributed by atoms with Gasteiger partial charge in [-0.2, -0.15) is 0 Å². The molecule has 1 unspecified atom stereocenters. The number of aromatic nitrogens is 1. The van der Waals surface area contributed by atoms with Gasteiger partial charge in [0.05, 0.1) is 6.54 Å². The molecule has 0 bridgehead atoms. The van der Waals surface area contributed by atoms with Crippen molar-refractivity contribution in [2.45, 2.75) is 51.5 Å². The van der Waals surface area contributed by atoms with Crippen LogP contribution in [0.5, 0.6) is 0 Å². The molecule has 2 aromatic rings. The van der Waals surface area contributed by atoms with Crippen molar-refractivity contribution in [3.8, 4) is 0 Å². The highest BCUT2D eigenvalue weighted by Crippen LogP contribution is 2.31. The number of hydrogen-bond acceptors (Lipinski definition) is 4. The van der Waals surface area contributed by atoms with Crippen molar-refractivity contribution in [3.63, 3.8) is 0 Å². The van der Waals surface area contributed by atoms with Crippen molar-refractivity contribution in [2.24, 2.45) is 4.99 Å². The van der Waals surface area contributed by atoms with Gasteiger partial charge in [0.2, 0.25) is 5.91 Å². The Morgan fingerprint density at radius 3 is 2.73 bits per heavy atom. The molecule has 2 aliphatic heterocycles. The predicted molar refractivity (Wildman–Crippen MR) is 146 cm³/mol. The van der Waals surface area contributed by atoms with E-state index in [1.165, 1.54) is 31.2 Å². The lowest BCUT2D eigenvalue weighted by Gasteiger charge is -2.26. The average molecular weight is 563 g/mol. The van der Waals surface area contributed by atoms with Gasteiger partial charge in [0.1, 0.15) is 5.82 Å². The van der Waals surface area contributed by atoms with E-state index >= 15 is 0 Å². The molecule has 3 N–H and O–H groups in total.